The topological polar surface area (TPSA) is 86.6 Å². The van der Waals surface area contributed by atoms with Gasteiger partial charge in [0.15, 0.2) is 0 Å². The summed E-state index contributed by atoms with van der Waals surface area (Å²) < 4.78 is 37.9. The Kier molecular flexibility index (Phi) is 5.57. The number of rotatable bonds is 5. The molecule has 7 nitrogen and oxygen atoms in total. The van der Waals surface area contributed by atoms with Crippen molar-refractivity contribution in [1.29, 1.82) is 0 Å². The minimum Gasteiger partial charge on any atom is -0.487 e. The van der Waals surface area contributed by atoms with Crippen molar-refractivity contribution in [3.8, 4) is 5.75 Å². The molecule has 3 rings (SSSR count). The Labute approximate surface area is 170 Å². The number of carbonyl (C=O) groups excluding carboxylic acids is 1. The molecule has 0 amide bonds. The summed E-state index contributed by atoms with van der Waals surface area (Å²) in [6.07, 6.45) is 0.623. The molecule has 0 bridgehead atoms. The van der Waals surface area contributed by atoms with E-state index in [1.54, 1.807) is 24.3 Å². The number of anilines is 1. The molecule has 1 heterocycles. The molecule has 0 atom stereocenters. The summed E-state index contributed by atoms with van der Waals surface area (Å²) in [6, 6.07) is 16.0. The summed E-state index contributed by atoms with van der Waals surface area (Å²) >= 11 is 0. The summed E-state index contributed by atoms with van der Waals surface area (Å²) in [7, 11) is -3.34. The second-order valence-electron chi connectivity index (χ2n) is 7.70. The van der Waals surface area contributed by atoms with Gasteiger partial charge in [0.05, 0.1) is 17.5 Å². The highest BCUT2D eigenvalue weighted by atomic mass is 32.2. The van der Waals surface area contributed by atoms with Crippen LogP contribution in [0.25, 0.3) is 10.9 Å². The number of para-hydroxylation sites is 1. The van der Waals surface area contributed by atoms with Gasteiger partial charge in [0.1, 0.15) is 18.0 Å². The smallest absolute Gasteiger partial charge is 0.419 e. The Bertz CT molecular complexity index is 1130. The largest absolute Gasteiger partial charge is 0.487 e. The van der Waals surface area contributed by atoms with Gasteiger partial charge in [-0.05, 0) is 57.2 Å². The predicted molar refractivity (Wildman–Crippen MR) is 113 cm³/mol. The van der Waals surface area contributed by atoms with Crippen molar-refractivity contribution in [3.05, 3.63) is 60.3 Å². The standard InChI is InChI=1S/C21H24N2O5S/c1-21(2,3)28-20(24)23-17(13-15-7-5-6-8-19(15)23)14-27-18-11-9-16(10-12-18)22-29(4,25)26/h5-13,22H,14H2,1-4H3. The highest BCUT2D eigenvalue weighted by Crippen LogP contribution is 2.24. The maximum absolute atomic E-state index is 12.8. The van der Waals surface area contributed by atoms with Crippen LogP contribution < -0.4 is 9.46 Å². The molecule has 3 aromatic rings. The number of nitrogens with zero attached hydrogens (tertiary/aromatic N) is 1. The van der Waals surface area contributed by atoms with Crippen molar-refractivity contribution in [2.75, 3.05) is 11.0 Å². The third-order valence-corrected chi connectivity index (χ3v) is 4.51. The van der Waals surface area contributed by atoms with E-state index in [0.29, 0.717) is 17.1 Å². The number of benzene rings is 2. The van der Waals surface area contributed by atoms with E-state index in [4.69, 9.17) is 9.47 Å². The Balaban J connectivity index is 1.83. The van der Waals surface area contributed by atoms with Crippen LogP contribution in [-0.2, 0) is 21.4 Å². The lowest BCUT2D eigenvalue weighted by atomic mass is 10.2. The van der Waals surface area contributed by atoms with Crippen LogP contribution in [0.2, 0.25) is 0 Å². The Morgan fingerprint density at radius 3 is 2.34 bits per heavy atom. The van der Waals surface area contributed by atoms with E-state index >= 15 is 0 Å². The molecule has 1 N–H and O–H groups in total. The quantitative estimate of drug-likeness (QED) is 0.667. The van der Waals surface area contributed by atoms with E-state index in [9.17, 15) is 13.2 Å². The second-order valence-corrected chi connectivity index (χ2v) is 9.45. The molecular formula is C21H24N2O5S. The number of sulfonamides is 1. The first kappa shape index (κ1) is 20.7. The van der Waals surface area contributed by atoms with Crippen LogP contribution in [0.3, 0.4) is 0 Å². The molecule has 0 saturated carbocycles. The zero-order valence-corrected chi connectivity index (χ0v) is 17.6. The molecule has 2 aromatic carbocycles. The molecular weight excluding hydrogens is 392 g/mol. The van der Waals surface area contributed by atoms with Gasteiger partial charge >= 0.3 is 6.09 Å². The van der Waals surface area contributed by atoms with Gasteiger partial charge in [-0.25, -0.2) is 17.8 Å². The van der Waals surface area contributed by atoms with Gasteiger partial charge in [-0.1, -0.05) is 18.2 Å². The zero-order chi connectivity index (χ0) is 21.2. The number of nitrogens with one attached hydrogen (secondary N) is 1. The van der Waals surface area contributed by atoms with E-state index in [1.165, 1.54) is 4.57 Å². The fourth-order valence-corrected chi connectivity index (χ4v) is 3.40. The summed E-state index contributed by atoms with van der Waals surface area (Å²) in [5.41, 5.74) is 1.22. The third-order valence-electron chi connectivity index (χ3n) is 3.91. The van der Waals surface area contributed by atoms with Gasteiger partial charge in [0.2, 0.25) is 10.0 Å². The van der Waals surface area contributed by atoms with Gasteiger partial charge < -0.3 is 9.47 Å². The van der Waals surface area contributed by atoms with Crippen LogP contribution in [0.15, 0.2) is 54.6 Å². The minimum absolute atomic E-state index is 0.146. The average molecular weight is 416 g/mol. The third kappa shape index (κ3) is 5.51. The molecule has 0 radical (unpaired) electrons. The minimum atomic E-state index is -3.34. The molecule has 1 aromatic heterocycles. The summed E-state index contributed by atoms with van der Waals surface area (Å²) in [6.45, 7) is 5.60. The first-order valence-corrected chi connectivity index (χ1v) is 10.9. The lowest BCUT2D eigenvalue weighted by Crippen LogP contribution is -2.28. The summed E-state index contributed by atoms with van der Waals surface area (Å²) in [5.74, 6) is 0.546. The lowest BCUT2D eigenvalue weighted by Gasteiger charge is -2.21. The van der Waals surface area contributed by atoms with Crippen molar-refractivity contribution >= 4 is 32.7 Å². The predicted octanol–water partition coefficient (Wildman–Crippen LogP) is 4.38. The number of hydrogen-bond acceptors (Lipinski definition) is 5. The molecule has 154 valence electrons. The van der Waals surface area contributed by atoms with Gasteiger partial charge in [0.25, 0.3) is 0 Å². The monoisotopic (exact) mass is 416 g/mol. The number of carbonyl (C=O) groups is 1. The fraction of sp³-hybridized carbons (Fsp3) is 0.286. The van der Waals surface area contributed by atoms with Crippen molar-refractivity contribution in [2.45, 2.75) is 33.0 Å². The van der Waals surface area contributed by atoms with Gasteiger partial charge in [0, 0.05) is 11.1 Å². The normalized spacial score (nSPS) is 12.0. The van der Waals surface area contributed by atoms with Crippen LogP contribution in [-0.4, -0.2) is 30.9 Å². The van der Waals surface area contributed by atoms with E-state index in [2.05, 4.69) is 4.72 Å². The number of aromatic nitrogens is 1. The maximum atomic E-state index is 12.8. The van der Waals surface area contributed by atoms with E-state index < -0.39 is 21.7 Å². The van der Waals surface area contributed by atoms with Crippen LogP contribution in [0.5, 0.6) is 5.75 Å². The van der Waals surface area contributed by atoms with Crippen molar-refractivity contribution < 1.29 is 22.7 Å². The van der Waals surface area contributed by atoms with E-state index in [0.717, 1.165) is 17.2 Å². The lowest BCUT2D eigenvalue weighted by molar-refractivity contribution is 0.0535. The molecule has 8 heteroatoms. The van der Waals surface area contributed by atoms with Crippen molar-refractivity contribution in [1.82, 2.24) is 4.57 Å². The second kappa shape index (κ2) is 7.79. The van der Waals surface area contributed by atoms with Crippen molar-refractivity contribution in [2.24, 2.45) is 0 Å². The number of ether oxygens (including phenoxy) is 2. The van der Waals surface area contributed by atoms with E-state index in [1.807, 2.05) is 51.1 Å². The Morgan fingerprint density at radius 2 is 1.72 bits per heavy atom. The fourth-order valence-electron chi connectivity index (χ4n) is 2.83. The van der Waals surface area contributed by atoms with Gasteiger partial charge in [-0.2, -0.15) is 0 Å². The SMILES string of the molecule is CC(C)(C)OC(=O)n1c(COc2ccc(NS(C)(=O)=O)cc2)cc2ccccc21. The van der Waals surface area contributed by atoms with Crippen LogP contribution >= 0.6 is 0 Å². The Hall–Kier alpha value is -3.00. The summed E-state index contributed by atoms with van der Waals surface area (Å²) in [4.78, 5) is 12.8. The first-order chi connectivity index (χ1) is 13.5. The number of hydrogen-bond donors (Lipinski definition) is 1. The van der Waals surface area contributed by atoms with Gasteiger partial charge in [-0.3, -0.25) is 4.72 Å². The van der Waals surface area contributed by atoms with E-state index in [-0.39, 0.29) is 6.61 Å². The molecule has 0 saturated heterocycles. The molecule has 0 aliphatic rings. The molecule has 0 fully saturated rings. The molecule has 0 spiro atoms. The molecule has 29 heavy (non-hydrogen) atoms. The summed E-state index contributed by atoms with van der Waals surface area (Å²) in [5, 5.41) is 0.907. The molecule has 0 aliphatic carbocycles. The van der Waals surface area contributed by atoms with Crippen LogP contribution in [0.4, 0.5) is 10.5 Å². The van der Waals surface area contributed by atoms with Gasteiger partial charge in [-0.15, -0.1) is 0 Å². The highest BCUT2D eigenvalue weighted by molar-refractivity contribution is 7.92. The van der Waals surface area contributed by atoms with Crippen molar-refractivity contribution in [3.63, 3.8) is 0 Å². The first-order valence-electron chi connectivity index (χ1n) is 9.05. The molecule has 0 unspecified atom stereocenters. The highest BCUT2D eigenvalue weighted by Gasteiger charge is 2.22. The van der Waals surface area contributed by atoms with Crippen LogP contribution in [0.1, 0.15) is 26.5 Å². The number of fused-ring (bicyclic) bond motifs is 1. The molecule has 0 aliphatic heterocycles. The maximum Gasteiger partial charge on any atom is 0.419 e. The average Bonchev–Trinajstić information content (AvgIpc) is 2.97. The van der Waals surface area contributed by atoms with Crippen LogP contribution in [0, 0.1) is 0 Å². The Morgan fingerprint density at radius 1 is 1.07 bits per heavy atom. The zero-order valence-electron chi connectivity index (χ0n) is 16.8.